The minimum atomic E-state index is -0.188. The molecule has 144 valence electrons. The second kappa shape index (κ2) is 12.7. The van der Waals surface area contributed by atoms with Gasteiger partial charge in [-0.25, -0.2) is 9.38 Å². The Kier molecular flexibility index (Phi) is 11.0. The molecule has 1 aromatic carbocycles. The molecule has 0 amide bonds. The van der Waals surface area contributed by atoms with Crippen molar-refractivity contribution in [1.29, 1.82) is 0 Å². The van der Waals surface area contributed by atoms with E-state index in [1.54, 1.807) is 19.3 Å². The summed E-state index contributed by atoms with van der Waals surface area (Å²) >= 11 is 0. The minimum Gasteiger partial charge on any atom is -0.467 e. The number of guanidine groups is 1. The fourth-order valence-corrected chi connectivity index (χ4v) is 2.27. The summed E-state index contributed by atoms with van der Waals surface area (Å²) in [7, 11) is 0. The van der Waals surface area contributed by atoms with Crippen molar-refractivity contribution in [3.63, 3.8) is 0 Å². The molecule has 0 radical (unpaired) electrons. The Bertz CT molecular complexity index is 663. The highest BCUT2D eigenvalue weighted by atomic mass is 127. The third-order valence-electron chi connectivity index (χ3n) is 3.57. The molecule has 0 aliphatic carbocycles. The van der Waals surface area contributed by atoms with Gasteiger partial charge in [-0.2, -0.15) is 0 Å². The van der Waals surface area contributed by atoms with E-state index in [-0.39, 0.29) is 29.8 Å². The first-order valence-electron chi connectivity index (χ1n) is 8.56. The molecule has 0 fully saturated rings. The lowest BCUT2D eigenvalue weighted by molar-refractivity contribution is 0.105. The molecule has 2 N–H and O–H groups in total. The first-order valence-corrected chi connectivity index (χ1v) is 8.56. The van der Waals surface area contributed by atoms with E-state index in [1.165, 1.54) is 6.07 Å². The molecule has 0 bridgehead atoms. The molecule has 2 rings (SSSR count). The molecule has 0 spiro atoms. The van der Waals surface area contributed by atoms with Crippen molar-refractivity contribution in [2.24, 2.45) is 4.99 Å². The number of aryl methyl sites for hydroxylation is 1. The van der Waals surface area contributed by atoms with E-state index in [1.807, 2.05) is 25.1 Å². The summed E-state index contributed by atoms with van der Waals surface area (Å²) in [4.78, 5) is 4.53. The van der Waals surface area contributed by atoms with Crippen LogP contribution in [0.15, 0.2) is 46.0 Å². The third-order valence-corrected chi connectivity index (χ3v) is 3.57. The van der Waals surface area contributed by atoms with Gasteiger partial charge in [0.1, 0.15) is 18.2 Å². The monoisotopic (exact) mass is 475 g/mol. The maximum atomic E-state index is 13.3. The fraction of sp³-hybridized carbons (Fsp3) is 0.421. The summed E-state index contributed by atoms with van der Waals surface area (Å²) in [6.07, 6.45) is 2.50. The maximum Gasteiger partial charge on any atom is 0.191 e. The number of hydrogen-bond acceptors (Lipinski definition) is 3. The van der Waals surface area contributed by atoms with Crippen LogP contribution in [-0.4, -0.2) is 25.7 Å². The molecule has 7 heteroatoms. The number of furan rings is 1. The summed E-state index contributed by atoms with van der Waals surface area (Å²) in [5, 5.41) is 6.47. The van der Waals surface area contributed by atoms with E-state index >= 15 is 0 Å². The maximum absolute atomic E-state index is 13.3. The Morgan fingerprint density at radius 3 is 2.81 bits per heavy atom. The van der Waals surface area contributed by atoms with Crippen molar-refractivity contribution >= 4 is 29.9 Å². The Hall–Kier alpha value is -1.61. The van der Waals surface area contributed by atoms with Gasteiger partial charge in [-0.3, -0.25) is 0 Å². The van der Waals surface area contributed by atoms with Gasteiger partial charge in [0.15, 0.2) is 5.96 Å². The van der Waals surface area contributed by atoms with Crippen LogP contribution in [-0.2, 0) is 17.9 Å². The van der Waals surface area contributed by atoms with Crippen LogP contribution in [0.25, 0.3) is 0 Å². The zero-order valence-electron chi connectivity index (χ0n) is 15.3. The molecular weight excluding hydrogens is 448 g/mol. The van der Waals surface area contributed by atoms with Crippen LogP contribution in [0.2, 0.25) is 0 Å². The first-order chi connectivity index (χ1) is 12.2. The van der Waals surface area contributed by atoms with Crippen molar-refractivity contribution in [2.75, 3.05) is 19.7 Å². The molecule has 2 aromatic rings. The van der Waals surface area contributed by atoms with E-state index in [0.717, 1.165) is 36.8 Å². The average Bonchev–Trinajstić information content (AvgIpc) is 3.12. The standard InChI is InChI=1S/C19H26FN3O2.HI/c1-3-21-19(23-13-16-7-8-18(20)15(2)12-16)22-9-5-10-24-14-17-6-4-11-25-17;/h4,6-8,11-12H,3,5,9-10,13-14H2,1-2H3,(H2,21,22,23);1H. The number of halogens is 2. The third kappa shape index (κ3) is 8.18. The highest BCUT2D eigenvalue weighted by Crippen LogP contribution is 2.10. The van der Waals surface area contributed by atoms with Crippen LogP contribution in [0.5, 0.6) is 0 Å². The number of nitrogens with one attached hydrogen (secondary N) is 2. The number of aliphatic imine (C=N–C) groups is 1. The Labute approximate surface area is 171 Å². The van der Waals surface area contributed by atoms with Crippen molar-refractivity contribution in [3.05, 3.63) is 59.3 Å². The molecule has 0 saturated heterocycles. The Morgan fingerprint density at radius 2 is 2.12 bits per heavy atom. The van der Waals surface area contributed by atoms with Crippen molar-refractivity contribution in [1.82, 2.24) is 10.6 Å². The molecule has 0 saturated carbocycles. The molecule has 5 nitrogen and oxygen atoms in total. The Morgan fingerprint density at radius 1 is 1.27 bits per heavy atom. The lowest BCUT2D eigenvalue weighted by Crippen LogP contribution is -2.38. The van der Waals surface area contributed by atoms with Gasteiger partial charge in [0.2, 0.25) is 0 Å². The summed E-state index contributed by atoms with van der Waals surface area (Å²) in [6.45, 7) is 6.96. The van der Waals surface area contributed by atoms with Crippen molar-refractivity contribution in [2.45, 2.75) is 33.4 Å². The predicted octanol–water partition coefficient (Wildman–Crippen LogP) is 4.01. The largest absolute Gasteiger partial charge is 0.467 e. The molecule has 0 aliphatic heterocycles. The zero-order chi connectivity index (χ0) is 17.9. The molecule has 0 aliphatic rings. The van der Waals surface area contributed by atoms with E-state index in [9.17, 15) is 4.39 Å². The molecule has 1 heterocycles. The van der Waals surface area contributed by atoms with Gasteiger partial charge in [-0.05, 0) is 49.6 Å². The number of hydrogen-bond donors (Lipinski definition) is 2. The molecule has 26 heavy (non-hydrogen) atoms. The number of rotatable bonds is 9. The van der Waals surface area contributed by atoms with Gasteiger partial charge >= 0.3 is 0 Å². The minimum absolute atomic E-state index is 0. The van der Waals surface area contributed by atoms with Crippen LogP contribution in [0.3, 0.4) is 0 Å². The number of benzene rings is 1. The van der Waals surface area contributed by atoms with E-state index < -0.39 is 0 Å². The van der Waals surface area contributed by atoms with Gasteiger partial charge in [0.25, 0.3) is 0 Å². The summed E-state index contributed by atoms with van der Waals surface area (Å²) in [6, 6.07) is 8.81. The van der Waals surface area contributed by atoms with Crippen LogP contribution in [0.4, 0.5) is 4.39 Å². The second-order valence-electron chi connectivity index (χ2n) is 5.69. The SMILES string of the molecule is CCNC(=NCc1ccc(F)c(C)c1)NCCCOCc1ccco1.I. The van der Waals surface area contributed by atoms with Gasteiger partial charge < -0.3 is 19.8 Å². The summed E-state index contributed by atoms with van der Waals surface area (Å²) < 4.78 is 24.0. The lowest BCUT2D eigenvalue weighted by atomic mass is 10.1. The highest BCUT2D eigenvalue weighted by Gasteiger charge is 2.01. The van der Waals surface area contributed by atoms with Crippen molar-refractivity contribution in [3.8, 4) is 0 Å². The van der Waals surface area contributed by atoms with Crippen LogP contribution < -0.4 is 10.6 Å². The van der Waals surface area contributed by atoms with E-state index in [4.69, 9.17) is 9.15 Å². The smallest absolute Gasteiger partial charge is 0.191 e. The van der Waals surface area contributed by atoms with Gasteiger partial charge in [-0.1, -0.05) is 12.1 Å². The first kappa shape index (κ1) is 22.4. The van der Waals surface area contributed by atoms with E-state index in [0.29, 0.717) is 25.3 Å². The van der Waals surface area contributed by atoms with Crippen LogP contribution >= 0.6 is 24.0 Å². The fourth-order valence-electron chi connectivity index (χ4n) is 2.27. The summed E-state index contributed by atoms with van der Waals surface area (Å²) in [5.74, 6) is 1.39. The van der Waals surface area contributed by atoms with Gasteiger partial charge in [0, 0.05) is 19.7 Å². The van der Waals surface area contributed by atoms with E-state index in [2.05, 4.69) is 15.6 Å². The van der Waals surface area contributed by atoms with Crippen molar-refractivity contribution < 1.29 is 13.5 Å². The molecule has 0 atom stereocenters. The van der Waals surface area contributed by atoms with Crippen LogP contribution in [0, 0.1) is 12.7 Å². The molecular formula is C19H27FIN3O2. The zero-order valence-corrected chi connectivity index (χ0v) is 17.6. The number of nitrogens with zero attached hydrogens (tertiary/aromatic N) is 1. The highest BCUT2D eigenvalue weighted by molar-refractivity contribution is 14.0. The van der Waals surface area contributed by atoms with Crippen LogP contribution in [0.1, 0.15) is 30.2 Å². The summed E-state index contributed by atoms with van der Waals surface area (Å²) in [5.41, 5.74) is 1.62. The lowest BCUT2D eigenvalue weighted by Gasteiger charge is -2.11. The van der Waals surface area contributed by atoms with Gasteiger partial charge in [-0.15, -0.1) is 24.0 Å². The second-order valence-corrected chi connectivity index (χ2v) is 5.69. The average molecular weight is 475 g/mol. The number of ether oxygens (including phenoxy) is 1. The predicted molar refractivity (Wildman–Crippen MR) is 112 cm³/mol. The normalized spacial score (nSPS) is 11.1. The Balaban J connectivity index is 0.00000338. The van der Waals surface area contributed by atoms with Gasteiger partial charge in [0.05, 0.1) is 12.8 Å². The molecule has 1 aromatic heterocycles. The molecule has 0 unspecified atom stereocenters. The topological polar surface area (TPSA) is 58.8 Å². The quantitative estimate of drug-likeness (QED) is 0.249.